The number of ether oxygens (including phenoxy) is 6. The van der Waals surface area contributed by atoms with Gasteiger partial charge in [-0.25, -0.2) is 4.79 Å². The third-order valence-corrected chi connectivity index (χ3v) is 9.24. The SMILES string of the molecule is CC(C)(C)OC(=O)N1CCC(c2ccc(OCCCOCc3ccsc3)cc2)C(O)C1.COCCCOc1cc(CCl)cc2c(OC)cccc12. The van der Waals surface area contributed by atoms with Gasteiger partial charge in [0, 0.05) is 55.7 Å². The van der Waals surface area contributed by atoms with Crippen molar-refractivity contribution >= 4 is 39.8 Å². The van der Waals surface area contributed by atoms with Gasteiger partial charge in [0.2, 0.25) is 0 Å². The summed E-state index contributed by atoms with van der Waals surface area (Å²) in [5.41, 5.74) is 2.75. The largest absolute Gasteiger partial charge is 0.496 e. The van der Waals surface area contributed by atoms with E-state index >= 15 is 0 Å². The number of benzene rings is 3. The van der Waals surface area contributed by atoms with Crippen LogP contribution in [0.4, 0.5) is 4.79 Å². The number of carbonyl (C=O) groups is 1. The molecule has 0 radical (unpaired) electrons. The first-order valence-corrected chi connectivity index (χ1v) is 18.8. The van der Waals surface area contributed by atoms with Crippen molar-refractivity contribution in [2.24, 2.45) is 0 Å². The number of hydrogen-bond donors (Lipinski definition) is 1. The summed E-state index contributed by atoms with van der Waals surface area (Å²) in [4.78, 5) is 13.8. The first-order valence-electron chi connectivity index (χ1n) is 17.4. The maximum atomic E-state index is 12.2. The summed E-state index contributed by atoms with van der Waals surface area (Å²) in [6, 6.07) is 19.9. The van der Waals surface area contributed by atoms with Crippen LogP contribution in [0.15, 0.2) is 71.4 Å². The van der Waals surface area contributed by atoms with E-state index in [1.165, 1.54) is 5.56 Å². The number of thiophene rings is 1. The quantitative estimate of drug-likeness (QED) is 0.0955. The zero-order chi connectivity index (χ0) is 36.6. The fourth-order valence-electron chi connectivity index (χ4n) is 5.68. The highest BCUT2D eigenvalue weighted by atomic mass is 35.5. The molecule has 2 atom stereocenters. The molecule has 2 heterocycles. The lowest BCUT2D eigenvalue weighted by atomic mass is 9.87. The second-order valence-corrected chi connectivity index (χ2v) is 14.4. The van der Waals surface area contributed by atoms with Crippen LogP contribution in [0.5, 0.6) is 17.2 Å². The zero-order valence-corrected chi connectivity index (χ0v) is 32.0. The minimum Gasteiger partial charge on any atom is -0.496 e. The van der Waals surface area contributed by atoms with Crippen LogP contribution in [0.25, 0.3) is 10.8 Å². The lowest BCUT2D eigenvalue weighted by Crippen LogP contribution is -2.47. The number of methoxy groups -OCH3 is 2. The topological polar surface area (TPSA) is 95.9 Å². The van der Waals surface area contributed by atoms with Gasteiger partial charge in [0.05, 0.1) is 46.2 Å². The first kappa shape index (κ1) is 40.2. The van der Waals surface area contributed by atoms with E-state index in [0.29, 0.717) is 51.9 Å². The van der Waals surface area contributed by atoms with Crippen molar-refractivity contribution in [2.45, 2.75) is 70.1 Å². The summed E-state index contributed by atoms with van der Waals surface area (Å²) < 4.78 is 33.2. The third-order valence-electron chi connectivity index (χ3n) is 8.19. The summed E-state index contributed by atoms with van der Waals surface area (Å²) in [7, 11) is 3.36. The fraction of sp³-hybridized carbons (Fsp3) is 0.475. The molecule has 0 spiro atoms. The highest BCUT2D eigenvalue weighted by Gasteiger charge is 2.33. The van der Waals surface area contributed by atoms with Crippen molar-refractivity contribution in [2.75, 3.05) is 53.7 Å². The number of alkyl halides is 1. The van der Waals surface area contributed by atoms with Crippen molar-refractivity contribution in [3.8, 4) is 17.2 Å². The molecule has 3 aromatic carbocycles. The molecule has 278 valence electrons. The number of rotatable bonds is 15. The molecule has 1 aliphatic rings. The molecule has 0 aliphatic carbocycles. The predicted molar refractivity (Wildman–Crippen MR) is 204 cm³/mol. The number of aliphatic hydroxyl groups excluding tert-OH is 1. The molecular formula is C40H52ClNO8S. The second-order valence-electron chi connectivity index (χ2n) is 13.3. The zero-order valence-electron chi connectivity index (χ0n) is 30.4. The first-order chi connectivity index (χ1) is 24.6. The molecule has 51 heavy (non-hydrogen) atoms. The van der Waals surface area contributed by atoms with Gasteiger partial charge in [-0.2, -0.15) is 11.3 Å². The van der Waals surface area contributed by atoms with E-state index < -0.39 is 11.7 Å². The predicted octanol–water partition coefficient (Wildman–Crippen LogP) is 8.82. The van der Waals surface area contributed by atoms with Crippen molar-refractivity contribution in [3.05, 3.63) is 88.1 Å². The molecule has 1 amide bonds. The molecule has 0 saturated carbocycles. The van der Waals surface area contributed by atoms with Crippen LogP contribution >= 0.6 is 22.9 Å². The van der Waals surface area contributed by atoms with E-state index in [2.05, 4.69) is 16.8 Å². The molecule has 0 bridgehead atoms. The van der Waals surface area contributed by atoms with Gasteiger partial charge in [-0.3, -0.25) is 0 Å². The monoisotopic (exact) mass is 741 g/mol. The van der Waals surface area contributed by atoms with Gasteiger partial charge >= 0.3 is 6.09 Å². The molecular weight excluding hydrogens is 690 g/mol. The van der Waals surface area contributed by atoms with E-state index in [-0.39, 0.29) is 18.6 Å². The summed E-state index contributed by atoms with van der Waals surface area (Å²) in [5, 5.41) is 16.8. The molecule has 1 N–H and O–H groups in total. The smallest absolute Gasteiger partial charge is 0.410 e. The molecule has 2 unspecified atom stereocenters. The van der Waals surface area contributed by atoms with E-state index in [1.54, 1.807) is 30.5 Å². The van der Waals surface area contributed by atoms with E-state index in [9.17, 15) is 9.90 Å². The molecule has 1 saturated heterocycles. The Morgan fingerprint density at radius 3 is 2.35 bits per heavy atom. The molecule has 5 rings (SSSR count). The van der Waals surface area contributed by atoms with Gasteiger partial charge in [-0.1, -0.05) is 24.3 Å². The Morgan fingerprint density at radius 2 is 1.69 bits per heavy atom. The van der Waals surface area contributed by atoms with Crippen LogP contribution in [0.1, 0.15) is 62.6 Å². The maximum Gasteiger partial charge on any atom is 0.410 e. The van der Waals surface area contributed by atoms with Crippen molar-refractivity contribution in [3.63, 3.8) is 0 Å². The summed E-state index contributed by atoms with van der Waals surface area (Å²) in [5.74, 6) is 2.92. The molecule has 9 nitrogen and oxygen atoms in total. The van der Waals surface area contributed by atoms with Crippen LogP contribution in [-0.2, 0) is 26.7 Å². The van der Waals surface area contributed by atoms with Crippen LogP contribution in [0, 0.1) is 0 Å². The molecule has 11 heteroatoms. The Hall–Kier alpha value is -3.54. The van der Waals surface area contributed by atoms with Gasteiger partial charge in [-0.15, -0.1) is 11.6 Å². The summed E-state index contributed by atoms with van der Waals surface area (Å²) in [6.45, 7) is 9.59. The minimum atomic E-state index is -0.617. The number of carbonyl (C=O) groups excluding carboxylic acids is 1. The van der Waals surface area contributed by atoms with Gasteiger partial charge in [0.25, 0.3) is 0 Å². The Labute approximate surface area is 311 Å². The lowest BCUT2D eigenvalue weighted by molar-refractivity contribution is -0.00152. The van der Waals surface area contributed by atoms with Gasteiger partial charge in [0.15, 0.2) is 0 Å². The number of amides is 1. The van der Waals surface area contributed by atoms with Crippen molar-refractivity contribution in [1.82, 2.24) is 4.90 Å². The Bertz CT molecular complexity index is 1610. The Balaban J connectivity index is 0.000000251. The summed E-state index contributed by atoms with van der Waals surface area (Å²) in [6.07, 6.45) is 1.39. The van der Waals surface area contributed by atoms with Crippen molar-refractivity contribution < 1.29 is 38.3 Å². The molecule has 1 aliphatic heterocycles. The maximum absolute atomic E-state index is 12.2. The average molecular weight is 742 g/mol. The number of likely N-dealkylation sites (tertiary alicyclic amines) is 1. The standard InChI is InChI=1S/C24H33NO5S.C16H19ClO3/c1-24(2,3)30-23(27)25-11-9-21(22(26)15-25)19-5-7-20(8-6-19)29-13-4-12-28-16-18-10-14-31-17-18;1-18-7-4-8-20-16-10-12(11-17)9-14-13(16)5-3-6-15(14)19-2/h5-8,10,14,17,21-22,26H,4,9,11-13,15-16H2,1-3H3;3,5-6,9-10H,4,7-8,11H2,1-2H3. The number of β-amino-alcohol motifs (C(OH)–C–C–N with tert-alkyl or cyclic N) is 1. The number of aliphatic hydroxyl groups is 1. The van der Waals surface area contributed by atoms with Gasteiger partial charge in [0.1, 0.15) is 22.8 Å². The van der Waals surface area contributed by atoms with Crippen LogP contribution in [-0.4, -0.2) is 81.5 Å². The second kappa shape index (κ2) is 20.5. The van der Waals surface area contributed by atoms with Crippen LogP contribution in [0.3, 0.4) is 0 Å². The fourth-order valence-corrected chi connectivity index (χ4v) is 6.49. The van der Waals surface area contributed by atoms with E-state index in [4.69, 9.17) is 40.0 Å². The Kier molecular flexibility index (Phi) is 16.2. The van der Waals surface area contributed by atoms with E-state index in [1.807, 2.05) is 75.4 Å². The summed E-state index contributed by atoms with van der Waals surface area (Å²) >= 11 is 7.64. The highest BCUT2D eigenvalue weighted by molar-refractivity contribution is 7.07. The molecule has 1 fully saturated rings. The molecule has 1 aromatic heterocycles. The number of hydrogen-bond acceptors (Lipinski definition) is 9. The number of fused-ring (bicyclic) bond motifs is 1. The molecule has 4 aromatic rings. The van der Waals surface area contributed by atoms with Crippen LogP contribution < -0.4 is 14.2 Å². The number of halogens is 1. The van der Waals surface area contributed by atoms with E-state index in [0.717, 1.165) is 52.0 Å². The number of piperidine rings is 1. The average Bonchev–Trinajstić information content (AvgIpc) is 3.65. The Morgan fingerprint density at radius 1 is 0.922 bits per heavy atom. The third kappa shape index (κ3) is 12.9. The highest BCUT2D eigenvalue weighted by Crippen LogP contribution is 2.34. The van der Waals surface area contributed by atoms with Gasteiger partial charge in [-0.05, 0) is 91.0 Å². The number of nitrogens with zero attached hydrogens (tertiary/aromatic N) is 1. The van der Waals surface area contributed by atoms with Crippen molar-refractivity contribution in [1.29, 1.82) is 0 Å². The lowest BCUT2D eigenvalue weighted by Gasteiger charge is -2.36. The van der Waals surface area contributed by atoms with Gasteiger partial charge < -0.3 is 38.4 Å². The normalized spacial score (nSPS) is 15.9. The minimum absolute atomic E-state index is 0.00163. The van der Waals surface area contributed by atoms with Crippen LogP contribution in [0.2, 0.25) is 0 Å².